The maximum Gasteiger partial charge on any atom is 0.305 e. The molecule has 8 nitrogen and oxygen atoms in total. The quantitative estimate of drug-likeness (QED) is 0.0579. The topological polar surface area (TPSA) is 93.1 Å². The van der Waals surface area contributed by atoms with Crippen molar-refractivity contribution in [1.82, 2.24) is 4.90 Å². The first-order chi connectivity index (χ1) is 17.9. The average molecular weight is 528 g/mol. The highest BCUT2D eigenvalue weighted by Crippen LogP contribution is 2.10. The molecule has 0 fully saturated rings. The van der Waals surface area contributed by atoms with Crippen LogP contribution in [0.4, 0.5) is 0 Å². The van der Waals surface area contributed by atoms with Gasteiger partial charge in [-0.1, -0.05) is 70.4 Å². The van der Waals surface area contributed by atoms with E-state index in [-0.39, 0.29) is 51.3 Å². The molecular formula is C29H55N2O6+. The Kier molecular flexibility index (Phi) is 23.1. The van der Waals surface area contributed by atoms with E-state index in [1.165, 1.54) is 62.7 Å². The first kappa shape index (κ1) is 35.1. The largest absolute Gasteiger partial charge is 0.466 e. The van der Waals surface area contributed by atoms with Crippen molar-refractivity contribution in [2.24, 2.45) is 0 Å². The molecule has 0 spiro atoms. The van der Waals surface area contributed by atoms with Crippen LogP contribution >= 0.6 is 0 Å². The SMILES string of the molecule is CCCCCCCC/C=C\CCCCCCCC(=O)OCCN(CCOC=O)C(=O)C[N+](C)(C)CCO. The lowest BCUT2D eigenvalue weighted by molar-refractivity contribution is -0.883. The van der Waals surface area contributed by atoms with Crippen LogP contribution in [0.3, 0.4) is 0 Å². The number of quaternary nitrogens is 1. The fourth-order valence-corrected chi connectivity index (χ4v) is 4.07. The third-order valence-electron chi connectivity index (χ3n) is 6.44. The first-order valence-electron chi connectivity index (χ1n) is 14.4. The molecule has 0 saturated carbocycles. The number of ether oxygens (including phenoxy) is 2. The van der Waals surface area contributed by atoms with Crippen molar-refractivity contribution in [2.75, 3.05) is 60.1 Å². The van der Waals surface area contributed by atoms with Gasteiger partial charge in [-0.05, 0) is 32.1 Å². The minimum absolute atomic E-state index is 0.0114. The second-order valence-corrected chi connectivity index (χ2v) is 10.4. The lowest BCUT2D eigenvalue weighted by Crippen LogP contribution is -2.51. The van der Waals surface area contributed by atoms with Crippen LogP contribution in [0, 0.1) is 0 Å². The molecule has 1 amide bonds. The summed E-state index contributed by atoms with van der Waals surface area (Å²) in [4.78, 5) is 36.7. The van der Waals surface area contributed by atoms with Crippen molar-refractivity contribution in [3.05, 3.63) is 12.2 Å². The molecular weight excluding hydrogens is 472 g/mol. The number of amides is 1. The third kappa shape index (κ3) is 23.0. The molecule has 0 rings (SSSR count). The van der Waals surface area contributed by atoms with Crippen molar-refractivity contribution < 1.29 is 33.4 Å². The molecule has 0 aromatic heterocycles. The van der Waals surface area contributed by atoms with Crippen LogP contribution in [0.15, 0.2) is 12.2 Å². The number of likely N-dealkylation sites (N-methyl/N-ethyl adjacent to an activating group) is 1. The zero-order valence-electron chi connectivity index (χ0n) is 24.0. The Labute approximate surface area is 226 Å². The zero-order chi connectivity index (χ0) is 27.6. The van der Waals surface area contributed by atoms with E-state index < -0.39 is 0 Å². The van der Waals surface area contributed by atoms with E-state index in [9.17, 15) is 19.5 Å². The number of rotatable bonds is 26. The van der Waals surface area contributed by atoms with E-state index in [0.717, 1.165) is 25.7 Å². The van der Waals surface area contributed by atoms with Gasteiger partial charge in [-0.3, -0.25) is 14.4 Å². The summed E-state index contributed by atoms with van der Waals surface area (Å²) in [5.41, 5.74) is 0. The molecule has 0 aliphatic carbocycles. The summed E-state index contributed by atoms with van der Waals surface area (Å²) >= 11 is 0. The van der Waals surface area contributed by atoms with E-state index in [0.29, 0.717) is 23.9 Å². The molecule has 0 atom stereocenters. The van der Waals surface area contributed by atoms with E-state index in [4.69, 9.17) is 9.47 Å². The lowest BCUT2D eigenvalue weighted by Gasteiger charge is -2.31. The van der Waals surface area contributed by atoms with Gasteiger partial charge in [0.1, 0.15) is 19.8 Å². The molecule has 0 unspecified atom stereocenters. The summed E-state index contributed by atoms with van der Waals surface area (Å²) in [6.45, 7) is 3.93. The van der Waals surface area contributed by atoms with Gasteiger partial charge in [0.2, 0.25) is 0 Å². The van der Waals surface area contributed by atoms with E-state index in [1.807, 2.05) is 14.1 Å². The van der Waals surface area contributed by atoms with Crippen LogP contribution in [0.25, 0.3) is 0 Å². The van der Waals surface area contributed by atoms with Gasteiger partial charge in [0.25, 0.3) is 12.4 Å². The number of esters is 1. The minimum Gasteiger partial charge on any atom is -0.466 e. The number of hydrogen-bond acceptors (Lipinski definition) is 6. The average Bonchev–Trinajstić information content (AvgIpc) is 2.85. The highest BCUT2D eigenvalue weighted by molar-refractivity contribution is 5.77. The maximum absolute atomic E-state index is 12.7. The Balaban J connectivity index is 3.91. The standard InChI is InChI=1S/C29H55N2O6/c1-4-5-6-7-8-9-10-11-12-13-14-15-16-17-18-19-29(35)37-25-21-30(20-24-36-27-33)28(34)26-31(2,3)22-23-32/h11-12,27,32H,4-10,13-26H2,1-3H3/q+1/b12-11-. The van der Waals surface area contributed by atoms with Gasteiger partial charge in [-0.2, -0.15) is 0 Å². The summed E-state index contributed by atoms with van der Waals surface area (Å²) in [5, 5.41) is 9.17. The number of carbonyl (C=O) groups excluding carboxylic acids is 3. The molecule has 0 radical (unpaired) electrons. The molecule has 0 aliphatic heterocycles. The Bertz CT molecular complexity index is 609. The van der Waals surface area contributed by atoms with Gasteiger partial charge in [0.05, 0.1) is 33.8 Å². The Morgan fingerprint density at radius 2 is 1.41 bits per heavy atom. The maximum atomic E-state index is 12.7. The van der Waals surface area contributed by atoms with E-state index in [1.54, 1.807) is 0 Å². The van der Waals surface area contributed by atoms with Gasteiger partial charge in [0, 0.05) is 6.42 Å². The van der Waals surface area contributed by atoms with Crippen LogP contribution < -0.4 is 0 Å². The Morgan fingerprint density at radius 1 is 0.838 bits per heavy atom. The van der Waals surface area contributed by atoms with E-state index >= 15 is 0 Å². The third-order valence-corrected chi connectivity index (χ3v) is 6.44. The van der Waals surface area contributed by atoms with Crippen molar-refractivity contribution in [2.45, 2.75) is 96.8 Å². The summed E-state index contributed by atoms with van der Waals surface area (Å²) in [5.74, 6) is -0.383. The number of allylic oxidation sites excluding steroid dienone is 2. The predicted molar refractivity (Wildman–Crippen MR) is 148 cm³/mol. The number of carbonyl (C=O) groups is 3. The lowest BCUT2D eigenvalue weighted by atomic mass is 10.1. The summed E-state index contributed by atoms with van der Waals surface area (Å²) < 4.78 is 10.4. The highest BCUT2D eigenvalue weighted by Gasteiger charge is 2.24. The van der Waals surface area contributed by atoms with Crippen molar-refractivity contribution in [3.63, 3.8) is 0 Å². The van der Waals surface area contributed by atoms with Crippen LogP contribution in [0.2, 0.25) is 0 Å². The minimum atomic E-state index is -0.245. The Morgan fingerprint density at radius 3 is 2.00 bits per heavy atom. The highest BCUT2D eigenvalue weighted by atomic mass is 16.5. The number of unbranched alkanes of at least 4 members (excludes halogenated alkanes) is 11. The molecule has 0 aromatic carbocycles. The van der Waals surface area contributed by atoms with Gasteiger partial charge in [-0.25, -0.2) is 0 Å². The second-order valence-electron chi connectivity index (χ2n) is 10.4. The normalized spacial score (nSPS) is 11.6. The number of hydrogen-bond donors (Lipinski definition) is 1. The van der Waals surface area contributed by atoms with Gasteiger partial charge < -0.3 is 24.0 Å². The van der Waals surface area contributed by atoms with Crippen molar-refractivity contribution >= 4 is 18.3 Å². The van der Waals surface area contributed by atoms with Crippen molar-refractivity contribution in [1.29, 1.82) is 0 Å². The fourth-order valence-electron chi connectivity index (χ4n) is 4.07. The number of nitrogens with zero attached hydrogens (tertiary/aromatic N) is 2. The van der Waals surface area contributed by atoms with Crippen LogP contribution in [0.1, 0.15) is 96.8 Å². The summed E-state index contributed by atoms with van der Waals surface area (Å²) in [6, 6.07) is 0. The summed E-state index contributed by atoms with van der Waals surface area (Å²) in [7, 11) is 3.73. The molecule has 1 N–H and O–H groups in total. The monoisotopic (exact) mass is 527 g/mol. The first-order valence-corrected chi connectivity index (χ1v) is 14.4. The van der Waals surface area contributed by atoms with Crippen molar-refractivity contribution in [3.8, 4) is 0 Å². The molecule has 0 heterocycles. The molecule has 37 heavy (non-hydrogen) atoms. The molecule has 216 valence electrons. The second kappa shape index (κ2) is 24.4. The molecule has 8 heteroatoms. The van der Waals surface area contributed by atoms with Crippen LogP contribution in [-0.2, 0) is 23.9 Å². The molecule has 0 saturated heterocycles. The molecule has 0 aromatic rings. The van der Waals surface area contributed by atoms with Gasteiger partial charge >= 0.3 is 5.97 Å². The number of aliphatic hydroxyl groups is 1. The van der Waals surface area contributed by atoms with Crippen LogP contribution in [-0.4, -0.2) is 92.9 Å². The number of aliphatic hydroxyl groups excluding tert-OH is 1. The zero-order valence-corrected chi connectivity index (χ0v) is 24.0. The predicted octanol–water partition coefficient (Wildman–Crippen LogP) is 4.64. The smallest absolute Gasteiger partial charge is 0.305 e. The van der Waals surface area contributed by atoms with Gasteiger partial charge in [-0.15, -0.1) is 0 Å². The van der Waals surface area contributed by atoms with Crippen LogP contribution in [0.5, 0.6) is 0 Å². The molecule has 0 bridgehead atoms. The Hall–Kier alpha value is -1.93. The van der Waals surface area contributed by atoms with Gasteiger partial charge in [0.15, 0.2) is 6.54 Å². The van der Waals surface area contributed by atoms with E-state index in [2.05, 4.69) is 19.1 Å². The molecule has 0 aliphatic rings. The summed E-state index contributed by atoms with van der Waals surface area (Å²) in [6.07, 6.45) is 20.8. The fraction of sp³-hybridized carbons (Fsp3) is 0.828.